The molecule has 1 rings (SSSR count). The molecule has 3 nitrogen and oxygen atoms in total. The van der Waals surface area contributed by atoms with Gasteiger partial charge < -0.3 is 15.6 Å². The predicted octanol–water partition coefficient (Wildman–Crippen LogP) is 2.21. The summed E-state index contributed by atoms with van der Waals surface area (Å²) < 4.78 is 65.1. The first-order valence-electron chi connectivity index (χ1n) is 4.75. The van der Waals surface area contributed by atoms with E-state index >= 15 is 0 Å². The number of alkyl halides is 5. The molecule has 1 aromatic rings. The number of halogens is 5. The summed E-state index contributed by atoms with van der Waals surface area (Å²) in [5, 5.41) is 8.43. The van der Waals surface area contributed by atoms with E-state index < -0.39 is 30.7 Å². The highest BCUT2D eigenvalue weighted by atomic mass is 19.4. The Morgan fingerprint density at radius 1 is 1.11 bits per heavy atom. The number of hydrogen-bond donors (Lipinski definition) is 2. The van der Waals surface area contributed by atoms with E-state index in [2.05, 4.69) is 4.74 Å². The van der Waals surface area contributed by atoms with Crippen molar-refractivity contribution in [3.63, 3.8) is 0 Å². The molecular weight excluding hydrogens is 261 g/mol. The van der Waals surface area contributed by atoms with Gasteiger partial charge in [0, 0.05) is 0 Å². The molecule has 0 spiro atoms. The average Bonchev–Trinajstić information content (AvgIpc) is 2.27. The SMILES string of the molecule is N[C@@H](c1ccc(OC(F)(F)F)cc1)C(F)(F)CO. The van der Waals surface area contributed by atoms with Gasteiger partial charge in [0.1, 0.15) is 12.4 Å². The minimum absolute atomic E-state index is 0.108. The van der Waals surface area contributed by atoms with Crippen LogP contribution in [-0.2, 0) is 0 Å². The van der Waals surface area contributed by atoms with Crippen molar-refractivity contribution in [1.82, 2.24) is 0 Å². The average molecular weight is 271 g/mol. The van der Waals surface area contributed by atoms with Gasteiger partial charge in [-0.15, -0.1) is 13.2 Å². The fourth-order valence-electron chi connectivity index (χ4n) is 1.22. The van der Waals surface area contributed by atoms with Crippen molar-refractivity contribution in [3.05, 3.63) is 29.8 Å². The number of ether oxygens (including phenoxy) is 1. The van der Waals surface area contributed by atoms with Crippen LogP contribution in [0.3, 0.4) is 0 Å². The molecule has 0 unspecified atom stereocenters. The van der Waals surface area contributed by atoms with E-state index in [9.17, 15) is 22.0 Å². The van der Waals surface area contributed by atoms with Gasteiger partial charge in [-0.05, 0) is 17.7 Å². The van der Waals surface area contributed by atoms with Crippen molar-refractivity contribution >= 4 is 0 Å². The van der Waals surface area contributed by atoms with E-state index in [1.807, 2.05) is 0 Å². The maximum absolute atomic E-state index is 13.0. The van der Waals surface area contributed by atoms with E-state index in [4.69, 9.17) is 10.8 Å². The molecule has 3 N–H and O–H groups in total. The molecular formula is C10H10F5NO2. The zero-order valence-electron chi connectivity index (χ0n) is 8.92. The summed E-state index contributed by atoms with van der Waals surface area (Å²) in [7, 11) is 0. The zero-order valence-corrected chi connectivity index (χ0v) is 8.92. The molecule has 18 heavy (non-hydrogen) atoms. The topological polar surface area (TPSA) is 55.5 Å². The molecule has 0 amide bonds. The zero-order chi connectivity index (χ0) is 14.0. The molecule has 0 aliphatic rings. The van der Waals surface area contributed by atoms with E-state index in [0.29, 0.717) is 0 Å². The second kappa shape index (κ2) is 5.07. The number of benzene rings is 1. The molecule has 0 aromatic heterocycles. The lowest BCUT2D eigenvalue weighted by Gasteiger charge is -2.21. The molecule has 1 aromatic carbocycles. The van der Waals surface area contributed by atoms with Crippen LogP contribution >= 0.6 is 0 Å². The highest BCUT2D eigenvalue weighted by molar-refractivity contribution is 5.30. The first-order chi connectivity index (χ1) is 8.15. The highest BCUT2D eigenvalue weighted by Crippen LogP contribution is 2.30. The van der Waals surface area contributed by atoms with E-state index in [1.54, 1.807) is 0 Å². The maximum Gasteiger partial charge on any atom is 0.573 e. The number of aliphatic hydroxyl groups excluding tert-OH is 1. The Kier molecular flexibility index (Phi) is 4.12. The first-order valence-corrected chi connectivity index (χ1v) is 4.75. The van der Waals surface area contributed by atoms with E-state index in [1.165, 1.54) is 0 Å². The summed E-state index contributed by atoms with van der Waals surface area (Å²) in [6, 6.07) is 1.90. The smallest absolute Gasteiger partial charge is 0.406 e. The van der Waals surface area contributed by atoms with Crippen LogP contribution in [-0.4, -0.2) is 24.0 Å². The van der Waals surface area contributed by atoms with Gasteiger partial charge in [-0.1, -0.05) is 12.1 Å². The second-order valence-electron chi connectivity index (χ2n) is 3.51. The van der Waals surface area contributed by atoms with Crippen molar-refractivity contribution < 1.29 is 31.8 Å². The van der Waals surface area contributed by atoms with Gasteiger partial charge in [-0.25, -0.2) is 8.78 Å². The fraction of sp³-hybridized carbons (Fsp3) is 0.400. The van der Waals surface area contributed by atoms with Crippen LogP contribution < -0.4 is 10.5 Å². The van der Waals surface area contributed by atoms with Gasteiger partial charge in [0.25, 0.3) is 5.92 Å². The van der Waals surface area contributed by atoms with Crippen LogP contribution in [0, 0.1) is 0 Å². The summed E-state index contributed by atoms with van der Waals surface area (Å²) in [4.78, 5) is 0. The van der Waals surface area contributed by atoms with Crippen molar-refractivity contribution in [3.8, 4) is 5.75 Å². The van der Waals surface area contributed by atoms with Crippen LogP contribution in [0.25, 0.3) is 0 Å². The number of hydrogen-bond acceptors (Lipinski definition) is 3. The van der Waals surface area contributed by atoms with Crippen LogP contribution in [0.1, 0.15) is 11.6 Å². The Balaban J connectivity index is 2.83. The van der Waals surface area contributed by atoms with Gasteiger partial charge in [-0.2, -0.15) is 0 Å². The van der Waals surface area contributed by atoms with Crippen molar-refractivity contribution in [2.45, 2.75) is 18.3 Å². The van der Waals surface area contributed by atoms with Crippen LogP contribution in [0.15, 0.2) is 24.3 Å². The Morgan fingerprint density at radius 3 is 2.00 bits per heavy atom. The lowest BCUT2D eigenvalue weighted by atomic mass is 10.0. The highest BCUT2D eigenvalue weighted by Gasteiger charge is 2.37. The van der Waals surface area contributed by atoms with Gasteiger partial charge in [-0.3, -0.25) is 0 Å². The molecule has 0 radical (unpaired) electrons. The monoisotopic (exact) mass is 271 g/mol. The maximum atomic E-state index is 13.0. The molecule has 8 heteroatoms. The Morgan fingerprint density at radius 2 is 1.61 bits per heavy atom. The molecule has 0 aliphatic heterocycles. The van der Waals surface area contributed by atoms with Crippen molar-refractivity contribution in [1.29, 1.82) is 0 Å². The Bertz CT molecular complexity index is 390. The fourth-order valence-corrected chi connectivity index (χ4v) is 1.22. The summed E-state index contributed by atoms with van der Waals surface area (Å²) in [5.41, 5.74) is 5.08. The van der Waals surface area contributed by atoms with Crippen LogP contribution in [0.2, 0.25) is 0 Å². The molecule has 0 saturated carbocycles. The molecule has 0 bridgehead atoms. The van der Waals surface area contributed by atoms with Gasteiger partial charge in [0.2, 0.25) is 0 Å². The standard InChI is InChI=1S/C10H10F5NO2/c11-9(12,5-17)8(16)6-1-3-7(4-2-6)18-10(13,14)15/h1-4,8,17H,5,16H2/t8-/m0/s1. The number of aliphatic hydroxyl groups is 1. The van der Waals surface area contributed by atoms with Gasteiger partial charge in [0.05, 0.1) is 6.04 Å². The minimum Gasteiger partial charge on any atom is -0.406 e. The van der Waals surface area contributed by atoms with E-state index in [0.717, 1.165) is 24.3 Å². The number of nitrogens with two attached hydrogens (primary N) is 1. The van der Waals surface area contributed by atoms with Crippen molar-refractivity contribution in [2.75, 3.05) is 6.61 Å². The summed E-state index contributed by atoms with van der Waals surface area (Å²) in [6.07, 6.45) is -4.85. The third-order valence-corrected chi connectivity index (χ3v) is 2.14. The molecule has 0 heterocycles. The summed E-state index contributed by atoms with van der Waals surface area (Å²) in [6.45, 7) is -1.45. The molecule has 0 aliphatic carbocycles. The molecule has 1 atom stereocenters. The Labute approximate surface area is 99.0 Å². The molecule has 102 valence electrons. The lowest BCUT2D eigenvalue weighted by Crippen LogP contribution is -2.36. The summed E-state index contributed by atoms with van der Waals surface area (Å²) in [5.74, 6) is -4.09. The minimum atomic E-state index is -4.85. The molecule has 0 fully saturated rings. The van der Waals surface area contributed by atoms with Crippen LogP contribution in [0.4, 0.5) is 22.0 Å². The summed E-state index contributed by atoms with van der Waals surface area (Å²) >= 11 is 0. The quantitative estimate of drug-likeness (QED) is 0.825. The molecule has 0 saturated heterocycles. The lowest BCUT2D eigenvalue weighted by molar-refractivity contribution is -0.274. The number of rotatable bonds is 4. The van der Waals surface area contributed by atoms with Crippen LogP contribution in [0.5, 0.6) is 5.75 Å². The second-order valence-corrected chi connectivity index (χ2v) is 3.51. The normalized spacial score (nSPS) is 14.4. The third-order valence-electron chi connectivity index (χ3n) is 2.14. The van der Waals surface area contributed by atoms with Crippen molar-refractivity contribution in [2.24, 2.45) is 5.73 Å². The van der Waals surface area contributed by atoms with Gasteiger partial charge >= 0.3 is 6.36 Å². The third kappa shape index (κ3) is 3.81. The predicted molar refractivity (Wildman–Crippen MR) is 52.1 cm³/mol. The van der Waals surface area contributed by atoms with Gasteiger partial charge in [0.15, 0.2) is 0 Å². The Hall–Kier alpha value is -1.41. The largest absolute Gasteiger partial charge is 0.573 e. The first kappa shape index (κ1) is 14.7. The van der Waals surface area contributed by atoms with E-state index in [-0.39, 0.29) is 5.56 Å².